The number of benzene rings is 2. The van der Waals surface area contributed by atoms with Gasteiger partial charge in [0.05, 0.1) is 0 Å². The highest BCUT2D eigenvalue weighted by Gasteiger charge is 1.85. The number of halogens is 1. The molecule has 0 radical (unpaired) electrons. The van der Waals surface area contributed by atoms with E-state index in [1.54, 1.807) is 0 Å². The van der Waals surface area contributed by atoms with E-state index in [1.807, 2.05) is 0 Å². The van der Waals surface area contributed by atoms with Crippen LogP contribution in [-0.2, 0) is 4.79 Å². The number of fused-ring (bicyclic) bond motifs is 1. The van der Waals surface area contributed by atoms with Gasteiger partial charge in [0, 0.05) is 6.92 Å². The van der Waals surface area contributed by atoms with Gasteiger partial charge in [0.2, 0.25) is 5.24 Å². The summed E-state index contributed by atoms with van der Waals surface area (Å²) in [6.45, 7) is 1.29. The van der Waals surface area contributed by atoms with E-state index < -0.39 is 0 Å². The fraction of sp³-hybridized carbons (Fsp3) is 0.0833. The van der Waals surface area contributed by atoms with Crippen molar-refractivity contribution in [1.29, 1.82) is 0 Å². The topological polar surface area (TPSA) is 17.1 Å². The van der Waals surface area contributed by atoms with Crippen LogP contribution in [0.1, 0.15) is 6.92 Å². The first-order valence-corrected chi connectivity index (χ1v) is 4.68. The van der Waals surface area contributed by atoms with Crippen LogP contribution in [0.3, 0.4) is 0 Å². The Kier molecular flexibility index (Phi) is 4.14. The lowest BCUT2D eigenvalue weighted by atomic mass is 10.1. The third kappa shape index (κ3) is 3.58. The zero-order valence-electron chi connectivity index (χ0n) is 7.91. The fourth-order valence-corrected chi connectivity index (χ4v) is 1.13. The van der Waals surface area contributed by atoms with Crippen molar-refractivity contribution in [1.82, 2.24) is 0 Å². The van der Waals surface area contributed by atoms with Crippen LogP contribution in [0.5, 0.6) is 0 Å². The minimum absolute atomic E-state index is 0.361. The van der Waals surface area contributed by atoms with Crippen LogP contribution in [0.25, 0.3) is 10.8 Å². The van der Waals surface area contributed by atoms with Gasteiger partial charge in [-0.1, -0.05) is 48.5 Å². The highest BCUT2D eigenvalue weighted by molar-refractivity contribution is 6.62. The molecule has 0 aliphatic carbocycles. The summed E-state index contributed by atoms with van der Waals surface area (Å²) in [5, 5.41) is 2.26. The SMILES string of the molecule is CC(=O)Cl.c1ccc2ccccc2c1. The van der Waals surface area contributed by atoms with E-state index in [4.69, 9.17) is 0 Å². The second-order valence-corrected chi connectivity index (χ2v) is 3.35. The average molecular weight is 207 g/mol. The molecule has 0 aliphatic rings. The van der Waals surface area contributed by atoms with Crippen LogP contribution in [0.15, 0.2) is 48.5 Å². The van der Waals surface area contributed by atoms with E-state index in [1.165, 1.54) is 17.7 Å². The fourth-order valence-electron chi connectivity index (χ4n) is 1.13. The predicted molar refractivity (Wildman–Crippen MR) is 60.5 cm³/mol. The van der Waals surface area contributed by atoms with Crippen LogP contribution in [0.2, 0.25) is 0 Å². The van der Waals surface area contributed by atoms with Gasteiger partial charge in [-0.2, -0.15) is 0 Å². The summed E-state index contributed by atoms with van der Waals surface area (Å²) >= 11 is 4.64. The maximum absolute atomic E-state index is 9.21. The molecule has 0 aromatic heterocycles. The molecule has 2 aromatic carbocycles. The van der Waals surface area contributed by atoms with Gasteiger partial charge in [-0.3, -0.25) is 4.79 Å². The first-order chi connectivity index (χ1) is 6.70. The van der Waals surface area contributed by atoms with Crippen LogP contribution in [0.4, 0.5) is 0 Å². The summed E-state index contributed by atoms with van der Waals surface area (Å²) in [5.41, 5.74) is 0. The molecule has 14 heavy (non-hydrogen) atoms. The molecule has 0 fully saturated rings. The maximum atomic E-state index is 9.21. The number of rotatable bonds is 0. The number of hydrogen-bond acceptors (Lipinski definition) is 1. The van der Waals surface area contributed by atoms with Crippen molar-refractivity contribution in [3.05, 3.63) is 48.5 Å². The van der Waals surface area contributed by atoms with Gasteiger partial charge in [0.15, 0.2) is 0 Å². The molecule has 0 saturated heterocycles. The minimum atomic E-state index is -0.361. The Morgan fingerprint density at radius 1 is 0.929 bits per heavy atom. The van der Waals surface area contributed by atoms with Gasteiger partial charge in [-0.05, 0) is 22.4 Å². The van der Waals surface area contributed by atoms with Crippen molar-refractivity contribution in [2.45, 2.75) is 6.92 Å². The summed E-state index contributed by atoms with van der Waals surface area (Å²) in [6.07, 6.45) is 0. The molecule has 2 rings (SSSR count). The molecule has 0 saturated carbocycles. The largest absolute Gasteiger partial charge is 0.282 e. The molecule has 0 unspecified atom stereocenters. The van der Waals surface area contributed by atoms with Crippen LogP contribution in [0, 0.1) is 0 Å². The summed E-state index contributed by atoms with van der Waals surface area (Å²) in [7, 11) is 0. The average Bonchev–Trinajstić information content (AvgIpc) is 2.17. The standard InChI is InChI=1S/C10H8.C2H3ClO/c1-2-6-10-8-4-3-7-9(10)5-1;1-2(3)4/h1-8H;1H3. The lowest BCUT2D eigenvalue weighted by Crippen LogP contribution is -1.67. The second-order valence-electron chi connectivity index (χ2n) is 2.82. The molecule has 2 aromatic rings. The lowest BCUT2D eigenvalue weighted by Gasteiger charge is -1.92. The molecular formula is C12H11ClO. The van der Waals surface area contributed by atoms with Crippen LogP contribution in [-0.4, -0.2) is 5.24 Å². The molecule has 0 N–H and O–H groups in total. The smallest absolute Gasteiger partial charge is 0.218 e. The van der Waals surface area contributed by atoms with Crippen molar-refractivity contribution >= 4 is 27.6 Å². The Morgan fingerprint density at radius 3 is 1.36 bits per heavy atom. The van der Waals surface area contributed by atoms with Crippen molar-refractivity contribution in [3.63, 3.8) is 0 Å². The Bertz CT molecular complexity index is 354. The van der Waals surface area contributed by atoms with Crippen LogP contribution < -0.4 is 0 Å². The number of carbonyl (C=O) groups excluding carboxylic acids is 1. The summed E-state index contributed by atoms with van der Waals surface area (Å²) < 4.78 is 0. The van der Waals surface area contributed by atoms with Gasteiger partial charge in [-0.25, -0.2) is 0 Å². The van der Waals surface area contributed by atoms with E-state index in [-0.39, 0.29) is 5.24 Å². The summed E-state index contributed by atoms with van der Waals surface area (Å²) in [5.74, 6) is 0. The Hall–Kier alpha value is -1.34. The molecule has 0 heterocycles. The molecule has 0 bridgehead atoms. The third-order valence-corrected chi connectivity index (χ3v) is 1.66. The van der Waals surface area contributed by atoms with E-state index in [0.29, 0.717) is 0 Å². The predicted octanol–water partition coefficient (Wildman–Crippen LogP) is 3.61. The molecule has 72 valence electrons. The zero-order valence-corrected chi connectivity index (χ0v) is 8.66. The van der Waals surface area contributed by atoms with Crippen LogP contribution >= 0.6 is 11.6 Å². The van der Waals surface area contributed by atoms with E-state index in [9.17, 15) is 4.79 Å². The van der Waals surface area contributed by atoms with Gasteiger partial charge in [0.25, 0.3) is 0 Å². The van der Waals surface area contributed by atoms with Crippen molar-refractivity contribution in [3.8, 4) is 0 Å². The first-order valence-electron chi connectivity index (χ1n) is 4.30. The molecule has 2 heteroatoms. The lowest BCUT2D eigenvalue weighted by molar-refractivity contribution is -0.109. The van der Waals surface area contributed by atoms with Gasteiger partial charge < -0.3 is 0 Å². The Labute approximate surface area is 88.3 Å². The first kappa shape index (κ1) is 10.7. The summed E-state index contributed by atoms with van der Waals surface area (Å²) in [4.78, 5) is 9.21. The monoisotopic (exact) mass is 206 g/mol. The quantitative estimate of drug-likeness (QED) is 0.602. The molecular weight excluding hydrogens is 196 g/mol. The van der Waals surface area contributed by atoms with Crippen molar-refractivity contribution in [2.75, 3.05) is 0 Å². The second kappa shape index (κ2) is 5.40. The Balaban J connectivity index is 0.000000213. The minimum Gasteiger partial charge on any atom is -0.282 e. The van der Waals surface area contributed by atoms with E-state index in [0.717, 1.165) is 0 Å². The van der Waals surface area contributed by atoms with Gasteiger partial charge in [0.1, 0.15) is 0 Å². The highest BCUT2D eigenvalue weighted by atomic mass is 35.5. The van der Waals surface area contributed by atoms with Crippen molar-refractivity contribution in [2.24, 2.45) is 0 Å². The molecule has 0 aliphatic heterocycles. The van der Waals surface area contributed by atoms with E-state index in [2.05, 4.69) is 60.1 Å². The molecule has 0 amide bonds. The Morgan fingerprint density at radius 2 is 1.14 bits per heavy atom. The normalized spacial score (nSPS) is 9.00. The van der Waals surface area contributed by atoms with E-state index >= 15 is 0 Å². The maximum Gasteiger partial charge on any atom is 0.218 e. The van der Waals surface area contributed by atoms with Gasteiger partial charge >= 0.3 is 0 Å². The molecule has 1 nitrogen and oxygen atoms in total. The number of hydrogen-bond donors (Lipinski definition) is 0. The zero-order chi connectivity index (χ0) is 10.4. The van der Waals surface area contributed by atoms with Crippen molar-refractivity contribution < 1.29 is 4.79 Å². The van der Waals surface area contributed by atoms with Gasteiger partial charge in [-0.15, -0.1) is 0 Å². The highest BCUT2D eigenvalue weighted by Crippen LogP contribution is 2.11. The third-order valence-electron chi connectivity index (χ3n) is 1.66. The number of carbonyl (C=O) groups is 1. The molecule has 0 atom stereocenters. The summed E-state index contributed by atoms with van der Waals surface area (Å²) in [6, 6.07) is 16.7. The molecule has 0 spiro atoms.